The predicted octanol–water partition coefficient (Wildman–Crippen LogP) is 5.19. The van der Waals surface area contributed by atoms with Gasteiger partial charge in [0.25, 0.3) is 0 Å². The number of carbonyl (C=O) groups excluding carboxylic acids is 1. The monoisotopic (exact) mass is 461 g/mol. The van der Waals surface area contributed by atoms with E-state index in [2.05, 4.69) is 34.0 Å². The minimum Gasteiger partial charge on any atom is -0.367 e. The summed E-state index contributed by atoms with van der Waals surface area (Å²) < 4.78 is 46.2. The molecule has 0 unspecified atom stereocenters. The number of halogens is 3. The number of alkyl halides is 3. The summed E-state index contributed by atoms with van der Waals surface area (Å²) in [5.41, 5.74) is 3.53. The van der Waals surface area contributed by atoms with Crippen LogP contribution in [0.15, 0.2) is 53.1 Å². The van der Waals surface area contributed by atoms with Crippen molar-refractivity contribution in [3.8, 4) is 11.4 Å². The summed E-state index contributed by atoms with van der Waals surface area (Å²) in [6, 6.07) is 14.8. The molecule has 1 heterocycles. The standard InChI is InChI=1S/C24H26F3N3O3/c1-16(2)19-7-9-20(10-8-19)23-29-22(33-30-23)12-11-21(31)28-13-17-3-5-18(6-4-17)14-32-15-24(25,26)27/h3-10,16H,11-15H2,1-2H3,(H,28,31). The van der Waals surface area contributed by atoms with Gasteiger partial charge in [0, 0.05) is 24.9 Å². The SMILES string of the molecule is CC(C)c1ccc(-c2noc(CCC(=O)NCc3ccc(COCC(F)(F)F)cc3)n2)cc1. The summed E-state index contributed by atoms with van der Waals surface area (Å²) in [5.74, 6) is 1.14. The molecular weight excluding hydrogens is 435 g/mol. The molecular formula is C24H26F3N3O3. The molecule has 33 heavy (non-hydrogen) atoms. The Morgan fingerprint density at radius 1 is 1.06 bits per heavy atom. The van der Waals surface area contributed by atoms with E-state index in [1.165, 1.54) is 5.56 Å². The molecule has 176 valence electrons. The molecule has 1 N–H and O–H groups in total. The highest BCUT2D eigenvalue weighted by molar-refractivity contribution is 5.76. The molecule has 0 atom stereocenters. The average molecular weight is 461 g/mol. The average Bonchev–Trinajstić information content (AvgIpc) is 3.25. The van der Waals surface area contributed by atoms with Gasteiger partial charge in [0.1, 0.15) is 6.61 Å². The maximum absolute atomic E-state index is 12.1. The van der Waals surface area contributed by atoms with Crippen LogP contribution in [0.5, 0.6) is 0 Å². The van der Waals surface area contributed by atoms with Crippen LogP contribution in [-0.4, -0.2) is 28.8 Å². The predicted molar refractivity (Wildman–Crippen MR) is 116 cm³/mol. The maximum Gasteiger partial charge on any atom is 0.411 e. The van der Waals surface area contributed by atoms with Crippen molar-refractivity contribution in [2.45, 2.75) is 51.9 Å². The lowest BCUT2D eigenvalue weighted by molar-refractivity contribution is -0.176. The van der Waals surface area contributed by atoms with Gasteiger partial charge in [0.05, 0.1) is 6.61 Å². The molecule has 0 saturated heterocycles. The Morgan fingerprint density at radius 3 is 2.36 bits per heavy atom. The number of hydrogen-bond donors (Lipinski definition) is 1. The molecule has 9 heteroatoms. The van der Waals surface area contributed by atoms with Gasteiger partial charge in [-0.2, -0.15) is 18.2 Å². The summed E-state index contributed by atoms with van der Waals surface area (Å²) in [6.07, 6.45) is -3.83. The highest BCUT2D eigenvalue weighted by atomic mass is 19.4. The van der Waals surface area contributed by atoms with E-state index in [0.717, 1.165) is 11.1 Å². The van der Waals surface area contributed by atoms with E-state index in [-0.39, 0.29) is 18.9 Å². The first-order valence-electron chi connectivity index (χ1n) is 10.6. The van der Waals surface area contributed by atoms with Gasteiger partial charge < -0.3 is 14.6 Å². The third kappa shape index (κ3) is 8.02. The Bertz CT molecular complexity index is 1030. The fraction of sp³-hybridized carbons (Fsp3) is 0.375. The lowest BCUT2D eigenvalue weighted by Crippen LogP contribution is -2.23. The van der Waals surface area contributed by atoms with Crippen LogP contribution in [0.4, 0.5) is 13.2 Å². The largest absolute Gasteiger partial charge is 0.411 e. The highest BCUT2D eigenvalue weighted by Crippen LogP contribution is 2.21. The molecule has 0 radical (unpaired) electrons. The normalized spacial score (nSPS) is 11.7. The van der Waals surface area contributed by atoms with Crippen molar-refractivity contribution in [2.75, 3.05) is 6.61 Å². The molecule has 0 fully saturated rings. The number of nitrogens with one attached hydrogen (secondary N) is 1. The Balaban J connectivity index is 1.41. The first-order chi connectivity index (χ1) is 15.7. The Morgan fingerprint density at radius 2 is 1.73 bits per heavy atom. The summed E-state index contributed by atoms with van der Waals surface area (Å²) in [5, 5.41) is 6.78. The van der Waals surface area contributed by atoms with Crippen LogP contribution in [0.3, 0.4) is 0 Å². The molecule has 3 aromatic rings. The van der Waals surface area contributed by atoms with Gasteiger partial charge in [0.15, 0.2) is 0 Å². The van der Waals surface area contributed by atoms with Crippen molar-refractivity contribution < 1.29 is 27.2 Å². The van der Waals surface area contributed by atoms with Crippen molar-refractivity contribution in [3.05, 3.63) is 71.1 Å². The lowest BCUT2D eigenvalue weighted by Gasteiger charge is -2.08. The van der Waals surface area contributed by atoms with Crippen LogP contribution >= 0.6 is 0 Å². The number of aryl methyl sites for hydroxylation is 1. The van der Waals surface area contributed by atoms with Gasteiger partial charge in [-0.3, -0.25) is 4.79 Å². The number of aromatic nitrogens is 2. The third-order valence-corrected chi connectivity index (χ3v) is 4.92. The highest BCUT2D eigenvalue weighted by Gasteiger charge is 2.27. The number of nitrogens with zero attached hydrogens (tertiary/aromatic N) is 2. The van der Waals surface area contributed by atoms with Crippen molar-refractivity contribution in [1.29, 1.82) is 0 Å². The molecule has 1 amide bonds. The molecule has 6 nitrogen and oxygen atoms in total. The molecule has 2 aromatic carbocycles. The quantitative estimate of drug-likeness (QED) is 0.450. The second kappa shape index (κ2) is 11.1. The lowest BCUT2D eigenvalue weighted by atomic mass is 10.0. The van der Waals surface area contributed by atoms with Gasteiger partial charge in [-0.25, -0.2) is 0 Å². The topological polar surface area (TPSA) is 77.2 Å². The van der Waals surface area contributed by atoms with Crippen LogP contribution in [0.25, 0.3) is 11.4 Å². The maximum atomic E-state index is 12.1. The van der Waals surface area contributed by atoms with E-state index < -0.39 is 12.8 Å². The number of amides is 1. The van der Waals surface area contributed by atoms with Gasteiger partial charge >= 0.3 is 6.18 Å². The van der Waals surface area contributed by atoms with Crippen molar-refractivity contribution in [3.63, 3.8) is 0 Å². The van der Waals surface area contributed by atoms with E-state index >= 15 is 0 Å². The van der Waals surface area contributed by atoms with E-state index in [1.54, 1.807) is 24.3 Å². The first-order valence-corrected chi connectivity index (χ1v) is 10.6. The van der Waals surface area contributed by atoms with Crippen LogP contribution in [0.1, 0.15) is 48.8 Å². The van der Waals surface area contributed by atoms with Gasteiger partial charge in [-0.15, -0.1) is 0 Å². The molecule has 0 bridgehead atoms. The summed E-state index contributed by atoms with van der Waals surface area (Å²) in [7, 11) is 0. The zero-order valence-electron chi connectivity index (χ0n) is 18.5. The third-order valence-electron chi connectivity index (χ3n) is 4.92. The van der Waals surface area contributed by atoms with E-state index in [0.29, 0.717) is 36.2 Å². The second-order valence-corrected chi connectivity index (χ2v) is 7.99. The Labute approximate surface area is 190 Å². The van der Waals surface area contributed by atoms with Crippen molar-refractivity contribution >= 4 is 5.91 Å². The number of carbonyl (C=O) groups is 1. The number of benzene rings is 2. The van der Waals surface area contributed by atoms with Gasteiger partial charge in [-0.1, -0.05) is 67.5 Å². The number of ether oxygens (including phenoxy) is 1. The zero-order chi connectivity index (χ0) is 23.8. The Kier molecular flexibility index (Phi) is 8.21. The molecule has 0 aliphatic heterocycles. The molecule has 1 aromatic heterocycles. The Hall–Kier alpha value is -3.20. The second-order valence-electron chi connectivity index (χ2n) is 7.99. The van der Waals surface area contributed by atoms with E-state index in [9.17, 15) is 18.0 Å². The molecule has 0 saturated carbocycles. The fourth-order valence-corrected chi connectivity index (χ4v) is 3.04. The molecule has 0 spiro atoms. The molecule has 0 aliphatic rings. The molecule has 0 aliphatic carbocycles. The van der Waals surface area contributed by atoms with Crippen LogP contribution in [0, 0.1) is 0 Å². The summed E-state index contributed by atoms with van der Waals surface area (Å²) >= 11 is 0. The minimum atomic E-state index is -4.34. The van der Waals surface area contributed by atoms with Gasteiger partial charge in [0.2, 0.25) is 17.6 Å². The van der Waals surface area contributed by atoms with Crippen LogP contribution in [-0.2, 0) is 29.1 Å². The van der Waals surface area contributed by atoms with E-state index in [1.807, 2.05) is 24.3 Å². The fourth-order valence-electron chi connectivity index (χ4n) is 3.04. The van der Waals surface area contributed by atoms with E-state index in [4.69, 9.17) is 4.52 Å². The summed E-state index contributed by atoms with van der Waals surface area (Å²) in [4.78, 5) is 16.5. The summed E-state index contributed by atoms with van der Waals surface area (Å²) in [6.45, 7) is 3.15. The van der Waals surface area contributed by atoms with Gasteiger partial charge in [-0.05, 0) is 22.6 Å². The zero-order valence-corrected chi connectivity index (χ0v) is 18.5. The molecule has 3 rings (SSSR count). The van der Waals surface area contributed by atoms with Crippen LogP contribution < -0.4 is 5.32 Å². The number of rotatable bonds is 10. The van der Waals surface area contributed by atoms with Crippen molar-refractivity contribution in [2.24, 2.45) is 0 Å². The minimum absolute atomic E-state index is 0.125. The first kappa shape index (κ1) is 24.4. The number of hydrogen-bond acceptors (Lipinski definition) is 5. The van der Waals surface area contributed by atoms with Crippen LogP contribution in [0.2, 0.25) is 0 Å². The van der Waals surface area contributed by atoms with Crippen molar-refractivity contribution in [1.82, 2.24) is 15.5 Å². The smallest absolute Gasteiger partial charge is 0.367 e.